The number of carbonyl (C=O) groups excluding carboxylic acids is 2. The van der Waals surface area contributed by atoms with Gasteiger partial charge in [-0.1, -0.05) is 55.4 Å². The Morgan fingerprint density at radius 3 is 1.90 bits per heavy atom. The second kappa shape index (κ2) is 16.4. The molecule has 0 bridgehead atoms. The van der Waals surface area contributed by atoms with Crippen LogP contribution >= 0.6 is 0 Å². The van der Waals surface area contributed by atoms with Crippen LogP contribution in [0.5, 0.6) is 0 Å². The van der Waals surface area contributed by atoms with E-state index in [1.165, 1.54) is 44.9 Å². The highest BCUT2D eigenvalue weighted by Gasteiger charge is 2.69. The van der Waals surface area contributed by atoms with Gasteiger partial charge in [-0.25, -0.2) is 0 Å². The average molecular weight is 822 g/mol. The van der Waals surface area contributed by atoms with E-state index in [4.69, 9.17) is 4.74 Å². The maximum Gasteiger partial charge on any atom is 0.306 e. The van der Waals surface area contributed by atoms with Crippen LogP contribution in [0.25, 0.3) is 0 Å². The molecule has 0 spiro atoms. The summed E-state index contributed by atoms with van der Waals surface area (Å²) >= 11 is 0. The normalized spacial score (nSPS) is 51.1. The molecule has 0 aromatic rings. The van der Waals surface area contributed by atoms with E-state index in [1.807, 2.05) is 0 Å². The summed E-state index contributed by atoms with van der Waals surface area (Å²) in [6, 6.07) is 0. The van der Waals surface area contributed by atoms with Crippen LogP contribution in [0.2, 0.25) is 0 Å². The fourth-order valence-electron chi connectivity index (χ4n) is 18.8. The van der Waals surface area contributed by atoms with Gasteiger partial charge in [0.15, 0.2) is 0 Å². The van der Waals surface area contributed by atoms with Gasteiger partial charge in [0.1, 0.15) is 6.10 Å². The third kappa shape index (κ3) is 7.31. The molecule has 0 saturated heterocycles. The molecular weight excluding hydrogens is 735 g/mol. The molecule has 7 nitrogen and oxygen atoms in total. The lowest BCUT2D eigenvalue weighted by Gasteiger charge is -2.67. The summed E-state index contributed by atoms with van der Waals surface area (Å²) in [5.74, 6) is 5.42. The largest absolute Gasteiger partial charge is 0.462 e. The molecule has 59 heavy (non-hydrogen) atoms. The van der Waals surface area contributed by atoms with Crippen LogP contribution < -0.4 is 5.32 Å². The highest BCUT2D eigenvalue weighted by atomic mass is 16.5. The van der Waals surface area contributed by atoms with E-state index in [2.05, 4.69) is 60.7 Å². The first kappa shape index (κ1) is 44.4. The molecule has 8 saturated carbocycles. The van der Waals surface area contributed by atoms with Crippen LogP contribution in [0.3, 0.4) is 0 Å². The zero-order valence-electron chi connectivity index (χ0n) is 38.8. The molecule has 0 radical (unpaired) electrons. The number of rotatable bonds is 11. The minimum absolute atomic E-state index is 0.0142. The van der Waals surface area contributed by atoms with Gasteiger partial charge in [0, 0.05) is 24.8 Å². The average Bonchev–Trinajstić information content (AvgIpc) is 3.74. The Balaban J connectivity index is 0.952. The first-order valence-electron chi connectivity index (χ1n) is 25.4. The quantitative estimate of drug-likeness (QED) is 0.154. The molecule has 0 heterocycles. The molecule has 7 heteroatoms. The highest BCUT2D eigenvalue weighted by molar-refractivity contribution is 5.75. The third-order valence-corrected chi connectivity index (χ3v) is 22.0. The Morgan fingerprint density at radius 1 is 0.644 bits per heavy atom. The van der Waals surface area contributed by atoms with Gasteiger partial charge >= 0.3 is 5.97 Å². The maximum absolute atomic E-state index is 14.3. The van der Waals surface area contributed by atoms with Crippen molar-refractivity contribution in [2.45, 2.75) is 215 Å². The van der Waals surface area contributed by atoms with Crippen molar-refractivity contribution in [1.29, 1.82) is 0 Å². The van der Waals surface area contributed by atoms with Crippen molar-refractivity contribution < 1.29 is 29.6 Å². The first-order chi connectivity index (χ1) is 27.9. The minimum atomic E-state index is -0.262. The molecule has 8 rings (SSSR count). The van der Waals surface area contributed by atoms with Crippen molar-refractivity contribution in [3.05, 3.63) is 0 Å². The number of amides is 1. The van der Waals surface area contributed by atoms with Gasteiger partial charge in [-0.3, -0.25) is 9.59 Å². The molecule has 8 fully saturated rings. The zero-order chi connectivity index (χ0) is 42.3. The minimum Gasteiger partial charge on any atom is -0.462 e. The molecule has 336 valence electrons. The SMILES string of the molecule is CCCNC(=O)CC[C@@H](C)[C@H]1CCC2[C@]3(C)[C@@H](OC(=O)CC[C@@H](C)[C@H]4CCC5[C@H]6C(CC[C@@]54C)[C@@]4(C)CC[C@@H](O)CC4C[C@@H]6O)CC4C[C@H](O)CC[C@]4(C)[C@H]3CC[C@@]21C. The zero-order valence-corrected chi connectivity index (χ0v) is 38.8. The molecule has 4 N–H and O–H groups in total. The van der Waals surface area contributed by atoms with E-state index in [9.17, 15) is 24.9 Å². The molecule has 20 atom stereocenters. The van der Waals surface area contributed by atoms with Crippen molar-refractivity contribution in [2.75, 3.05) is 6.54 Å². The molecule has 5 unspecified atom stereocenters. The predicted molar refractivity (Wildman–Crippen MR) is 234 cm³/mol. The van der Waals surface area contributed by atoms with E-state index in [-0.39, 0.29) is 63.4 Å². The van der Waals surface area contributed by atoms with Gasteiger partial charge < -0.3 is 25.4 Å². The smallest absolute Gasteiger partial charge is 0.306 e. The van der Waals surface area contributed by atoms with Gasteiger partial charge in [-0.2, -0.15) is 0 Å². The van der Waals surface area contributed by atoms with Crippen molar-refractivity contribution in [2.24, 2.45) is 92.2 Å². The third-order valence-electron chi connectivity index (χ3n) is 22.0. The Kier molecular flexibility index (Phi) is 12.4. The van der Waals surface area contributed by atoms with Crippen LogP contribution in [0, 0.1) is 92.2 Å². The van der Waals surface area contributed by atoms with Crippen LogP contribution in [0.15, 0.2) is 0 Å². The summed E-state index contributed by atoms with van der Waals surface area (Å²) in [4.78, 5) is 27.0. The molecule has 0 aromatic heterocycles. The van der Waals surface area contributed by atoms with Crippen molar-refractivity contribution in [1.82, 2.24) is 5.32 Å². The molecule has 0 aliphatic heterocycles. The number of esters is 1. The van der Waals surface area contributed by atoms with Crippen molar-refractivity contribution in [3.8, 4) is 0 Å². The van der Waals surface area contributed by atoms with Gasteiger partial charge in [0.05, 0.1) is 18.3 Å². The number of hydrogen-bond acceptors (Lipinski definition) is 6. The van der Waals surface area contributed by atoms with E-state index >= 15 is 0 Å². The first-order valence-corrected chi connectivity index (χ1v) is 25.4. The maximum atomic E-state index is 14.3. The van der Waals surface area contributed by atoms with Gasteiger partial charge in [0.2, 0.25) is 5.91 Å². The number of hydrogen-bond donors (Lipinski definition) is 4. The predicted octanol–water partition coefficient (Wildman–Crippen LogP) is 10.3. The molecule has 8 aliphatic carbocycles. The number of nitrogens with one attached hydrogen (secondary N) is 1. The lowest BCUT2D eigenvalue weighted by Crippen LogP contribution is -2.65. The van der Waals surface area contributed by atoms with Crippen molar-refractivity contribution in [3.63, 3.8) is 0 Å². The summed E-state index contributed by atoms with van der Waals surface area (Å²) in [5, 5.41) is 36.4. The van der Waals surface area contributed by atoms with E-state index < -0.39 is 0 Å². The lowest BCUT2D eigenvalue weighted by molar-refractivity contribution is -0.235. The number of fused-ring (bicyclic) bond motifs is 10. The summed E-state index contributed by atoms with van der Waals surface area (Å²) < 4.78 is 6.93. The van der Waals surface area contributed by atoms with E-state index in [1.54, 1.807) is 0 Å². The van der Waals surface area contributed by atoms with Crippen LogP contribution in [0.1, 0.15) is 190 Å². The topological polar surface area (TPSA) is 116 Å². The summed E-state index contributed by atoms with van der Waals surface area (Å²) in [6.45, 7) is 20.3. The number of carbonyl (C=O) groups is 2. The second-order valence-corrected chi connectivity index (χ2v) is 24.4. The monoisotopic (exact) mass is 822 g/mol. The fourth-order valence-corrected chi connectivity index (χ4v) is 18.8. The Bertz CT molecular complexity index is 1540. The lowest BCUT2D eigenvalue weighted by atomic mass is 9.38. The molecule has 8 aliphatic rings. The Hall–Kier alpha value is -1.18. The molecule has 0 aromatic carbocycles. The number of aliphatic hydroxyl groups is 3. The summed E-state index contributed by atoms with van der Waals surface area (Å²) in [7, 11) is 0. The highest BCUT2D eigenvalue weighted by Crippen LogP contribution is 2.74. The van der Waals surface area contributed by atoms with Crippen LogP contribution in [0.4, 0.5) is 0 Å². The Morgan fingerprint density at radius 2 is 1.20 bits per heavy atom. The molecular formula is C52H87NO6. The summed E-state index contributed by atoms with van der Waals surface area (Å²) in [5.41, 5.74) is 0.647. The van der Waals surface area contributed by atoms with Gasteiger partial charge in [0.25, 0.3) is 0 Å². The number of ether oxygens (including phenoxy) is 1. The molecule has 1 amide bonds. The van der Waals surface area contributed by atoms with Crippen LogP contribution in [-0.2, 0) is 14.3 Å². The van der Waals surface area contributed by atoms with E-state index in [0.29, 0.717) is 77.9 Å². The Labute approximate surface area is 359 Å². The van der Waals surface area contributed by atoms with E-state index in [0.717, 1.165) is 83.6 Å². The standard InChI is InChI=1S/C52H87NO6/c1-9-26-53-45(57)16-10-31(2)38-14-15-42-51(38,7)25-21-43-49(5)23-19-36(55)28-34(49)30-44(52(42,43)8)59-46(58)17-11-32(3)37-12-13-39-47-40(20-24-50(37,39)6)48(4)22-18-35(54)27-33(48)29-41(47)56/h31-44,47,54-56H,9-30H2,1-8H3,(H,53,57)/t31-,32-,33?,34?,35-,36-,37-,38-,39?,40?,41+,42?,43-,44+,47+,48+,49+,50-,51-,52+/m1/s1. The van der Waals surface area contributed by atoms with Crippen molar-refractivity contribution >= 4 is 11.9 Å². The van der Waals surface area contributed by atoms with Crippen LogP contribution in [-0.4, -0.2) is 58.2 Å². The summed E-state index contributed by atoms with van der Waals surface area (Å²) in [6.07, 6.45) is 19.9. The van der Waals surface area contributed by atoms with Gasteiger partial charge in [-0.05, 0) is 209 Å². The fraction of sp³-hybridized carbons (Fsp3) is 0.962. The number of aliphatic hydroxyl groups excluding tert-OH is 3. The second-order valence-electron chi connectivity index (χ2n) is 24.4. The van der Waals surface area contributed by atoms with Gasteiger partial charge in [-0.15, -0.1) is 0 Å².